The molecule has 0 unspecified atom stereocenters. The molecule has 2 aromatic rings. The van der Waals surface area contributed by atoms with Gasteiger partial charge in [-0.15, -0.1) is 0 Å². The summed E-state index contributed by atoms with van der Waals surface area (Å²) in [7, 11) is 0. The fourth-order valence-electron chi connectivity index (χ4n) is 8.12. The summed E-state index contributed by atoms with van der Waals surface area (Å²) >= 11 is 0. The maximum atomic E-state index is 14.2. The zero-order valence-electron chi connectivity index (χ0n) is 23.1. The van der Waals surface area contributed by atoms with E-state index < -0.39 is 23.8 Å². The van der Waals surface area contributed by atoms with E-state index in [0.717, 1.165) is 41.5 Å². The highest BCUT2D eigenvalue weighted by molar-refractivity contribution is 6.10. The number of carbonyl (C=O) groups is 3. The van der Waals surface area contributed by atoms with Crippen molar-refractivity contribution in [2.24, 2.45) is 35.5 Å². The molecule has 6 atom stereocenters. The van der Waals surface area contributed by atoms with Crippen molar-refractivity contribution in [3.63, 3.8) is 0 Å². The Balaban J connectivity index is 1.36. The molecule has 1 saturated carbocycles. The molecular weight excluding hydrogens is 474 g/mol. The Hall–Kier alpha value is -2.95. The minimum absolute atomic E-state index is 0.174. The predicted molar refractivity (Wildman–Crippen MR) is 145 cm³/mol. The lowest BCUT2D eigenvalue weighted by atomic mass is 9.55. The molecule has 2 amide bonds. The molecule has 2 fully saturated rings. The zero-order chi connectivity index (χ0) is 26.9. The molecule has 1 aliphatic heterocycles. The normalized spacial score (nSPS) is 32.3. The number of nitrogens with zero attached hydrogens (tertiary/aromatic N) is 1. The van der Waals surface area contributed by atoms with Crippen molar-refractivity contribution in [1.29, 1.82) is 0 Å². The van der Waals surface area contributed by atoms with Crippen molar-refractivity contribution >= 4 is 17.8 Å². The third-order valence-electron chi connectivity index (χ3n) is 9.86. The molecule has 0 aromatic heterocycles. The van der Waals surface area contributed by atoms with Crippen molar-refractivity contribution in [2.45, 2.75) is 77.9 Å². The van der Waals surface area contributed by atoms with Crippen LogP contribution in [0, 0.1) is 35.5 Å². The Morgan fingerprint density at radius 2 is 1.29 bits per heavy atom. The van der Waals surface area contributed by atoms with Crippen molar-refractivity contribution in [1.82, 2.24) is 4.90 Å². The minimum atomic E-state index is -0.906. The topological polar surface area (TPSA) is 63.7 Å². The second-order valence-corrected chi connectivity index (χ2v) is 12.8. The van der Waals surface area contributed by atoms with Gasteiger partial charge in [-0.2, -0.15) is 0 Å². The van der Waals surface area contributed by atoms with Gasteiger partial charge in [0, 0.05) is 11.8 Å². The molecule has 5 heteroatoms. The molecule has 5 nitrogen and oxygen atoms in total. The first-order valence-electron chi connectivity index (χ1n) is 14.5. The highest BCUT2D eigenvalue weighted by Crippen LogP contribution is 2.61. The van der Waals surface area contributed by atoms with E-state index in [0.29, 0.717) is 17.8 Å². The lowest BCUT2D eigenvalue weighted by molar-refractivity contribution is -0.169. The lowest BCUT2D eigenvalue weighted by Gasteiger charge is -2.45. The first-order valence-corrected chi connectivity index (χ1v) is 14.5. The molecule has 38 heavy (non-hydrogen) atoms. The van der Waals surface area contributed by atoms with Gasteiger partial charge in [0.25, 0.3) is 0 Å². The molecule has 5 aliphatic rings. The fourth-order valence-corrected chi connectivity index (χ4v) is 8.12. The molecule has 1 saturated heterocycles. The molecule has 0 spiro atoms. The maximum Gasteiger partial charge on any atom is 0.329 e. The fraction of sp³-hybridized carbons (Fsp3) is 0.545. The largest absolute Gasteiger partial charge is 0.461 e. The van der Waals surface area contributed by atoms with E-state index in [2.05, 4.69) is 45.0 Å². The number of amides is 2. The van der Waals surface area contributed by atoms with Crippen LogP contribution in [0.2, 0.25) is 0 Å². The average molecular weight is 514 g/mol. The Labute approximate surface area is 225 Å². The quantitative estimate of drug-likeness (QED) is 0.368. The first-order chi connectivity index (χ1) is 18.2. The number of esters is 1. The SMILES string of the molecule is CC(C)[C@@H](C(=O)O[C@@H]1C[C@H](C)CC[C@H]1C(C)C)N1C(=O)[C@@H]2C3c4ccccc4C(c4ccccc43)[C@@H]2C1=O. The summed E-state index contributed by atoms with van der Waals surface area (Å²) < 4.78 is 6.23. The number of likely N-dealkylation sites (tertiary alicyclic amines) is 1. The highest BCUT2D eigenvalue weighted by atomic mass is 16.5. The summed E-state index contributed by atoms with van der Waals surface area (Å²) in [6.07, 6.45) is 2.84. The van der Waals surface area contributed by atoms with Gasteiger partial charge in [-0.1, -0.05) is 89.6 Å². The summed E-state index contributed by atoms with van der Waals surface area (Å²) in [6, 6.07) is 15.6. The molecule has 4 aliphatic carbocycles. The standard InChI is InChI=1S/C33H39NO4/c1-17(2)20-15-14-19(5)16-25(20)38-33(37)30(18(3)4)34-31(35)28-26-21-10-6-7-11-22(21)27(29(28)32(34)36)24-13-9-8-12-23(24)26/h6-13,17-20,25-30H,14-16H2,1-5H3/t19-,20+,25-,26?,27?,28-,29+,30+/m1/s1. The van der Waals surface area contributed by atoms with Gasteiger partial charge >= 0.3 is 5.97 Å². The van der Waals surface area contributed by atoms with Crippen LogP contribution < -0.4 is 0 Å². The van der Waals surface area contributed by atoms with Gasteiger partial charge in [0.2, 0.25) is 11.8 Å². The maximum absolute atomic E-state index is 14.2. The van der Waals surface area contributed by atoms with Crippen LogP contribution in [0.25, 0.3) is 0 Å². The van der Waals surface area contributed by atoms with Gasteiger partial charge in [0.05, 0.1) is 11.8 Å². The summed E-state index contributed by atoms with van der Waals surface area (Å²) in [4.78, 5) is 43.6. The van der Waals surface area contributed by atoms with Crippen LogP contribution in [0.3, 0.4) is 0 Å². The third-order valence-corrected chi connectivity index (χ3v) is 9.86. The van der Waals surface area contributed by atoms with Crippen LogP contribution in [-0.2, 0) is 19.1 Å². The van der Waals surface area contributed by atoms with E-state index in [1.807, 2.05) is 38.1 Å². The Morgan fingerprint density at radius 1 is 0.816 bits per heavy atom. The molecule has 200 valence electrons. The number of carbonyl (C=O) groups excluding carboxylic acids is 3. The number of rotatable bonds is 5. The molecule has 0 radical (unpaired) electrons. The summed E-state index contributed by atoms with van der Waals surface area (Å²) in [5.41, 5.74) is 4.56. The lowest BCUT2D eigenvalue weighted by Crippen LogP contribution is -2.51. The molecule has 2 bridgehead atoms. The Morgan fingerprint density at radius 3 is 1.71 bits per heavy atom. The average Bonchev–Trinajstić information content (AvgIpc) is 3.14. The zero-order valence-corrected chi connectivity index (χ0v) is 23.1. The van der Waals surface area contributed by atoms with Crippen LogP contribution in [0.5, 0.6) is 0 Å². The molecule has 1 heterocycles. The number of imide groups is 1. The number of ether oxygens (including phenoxy) is 1. The Bertz CT molecular complexity index is 1170. The van der Waals surface area contributed by atoms with Gasteiger partial charge in [-0.25, -0.2) is 4.79 Å². The van der Waals surface area contributed by atoms with Crippen molar-refractivity contribution in [3.8, 4) is 0 Å². The van der Waals surface area contributed by atoms with Gasteiger partial charge in [-0.3, -0.25) is 14.5 Å². The van der Waals surface area contributed by atoms with Crippen LogP contribution in [0.15, 0.2) is 48.5 Å². The second kappa shape index (κ2) is 9.36. The van der Waals surface area contributed by atoms with E-state index in [9.17, 15) is 14.4 Å². The van der Waals surface area contributed by atoms with Crippen LogP contribution in [0.4, 0.5) is 0 Å². The summed E-state index contributed by atoms with van der Waals surface area (Å²) in [6.45, 7) is 10.4. The molecule has 2 aromatic carbocycles. The van der Waals surface area contributed by atoms with Gasteiger partial charge in [0.15, 0.2) is 0 Å². The smallest absolute Gasteiger partial charge is 0.329 e. The van der Waals surface area contributed by atoms with E-state index in [-0.39, 0.29) is 35.7 Å². The molecular formula is C33H39NO4. The van der Waals surface area contributed by atoms with Crippen LogP contribution >= 0.6 is 0 Å². The van der Waals surface area contributed by atoms with Crippen molar-refractivity contribution < 1.29 is 19.1 Å². The van der Waals surface area contributed by atoms with Crippen molar-refractivity contribution in [2.75, 3.05) is 0 Å². The van der Waals surface area contributed by atoms with Crippen LogP contribution in [-0.4, -0.2) is 34.8 Å². The van der Waals surface area contributed by atoms with E-state index in [1.165, 1.54) is 4.90 Å². The van der Waals surface area contributed by atoms with Gasteiger partial charge in [-0.05, 0) is 58.8 Å². The predicted octanol–water partition coefficient (Wildman–Crippen LogP) is 5.91. The highest BCUT2D eigenvalue weighted by Gasteiger charge is 2.63. The van der Waals surface area contributed by atoms with E-state index in [4.69, 9.17) is 4.74 Å². The second-order valence-electron chi connectivity index (χ2n) is 12.8. The molecule has 7 rings (SSSR count). The Kier molecular flexibility index (Phi) is 6.24. The number of hydrogen-bond acceptors (Lipinski definition) is 4. The van der Waals surface area contributed by atoms with Gasteiger partial charge in [0.1, 0.15) is 12.1 Å². The first kappa shape index (κ1) is 25.3. The number of benzene rings is 2. The van der Waals surface area contributed by atoms with E-state index >= 15 is 0 Å². The minimum Gasteiger partial charge on any atom is -0.461 e. The molecule has 0 N–H and O–H groups in total. The van der Waals surface area contributed by atoms with Crippen LogP contribution in [0.1, 0.15) is 88.0 Å². The third kappa shape index (κ3) is 3.68. The van der Waals surface area contributed by atoms with Crippen molar-refractivity contribution in [3.05, 3.63) is 70.8 Å². The summed E-state index contributed by atoms with van der Waals surface area (Å²) in [5, 5.41) is 0. The summed E-state index contributed by atoms with van der Waals surface area (Å²) in [5.74, 6) is -1.21. The number of hydrogen-bond donors (Lipinski definition) is 0. The van der Waals surface area contributed by atoms with Gasteiger partial charge < -0.3 is 4.74 Å². The van der Waals surface area contributed by atoms with E-state index in [1.54, 1.807) is 0 Å². The monoisotopic (exact) mass is 513 g/mol.